The minimum atomic E-state index is 0. The Kier molecular flexibility index (Phi) is 10.4. The van der Waals surface area contributed by atoms with Crippen LogP contribution in [0.4, 0.5) is 5.82 Å². The van der Waals surface area contributed by atoms with Crippen LogP contribution in [0, 0.1) is 13.8 Å². The quantitative estimate of drug-likeness (QED) is 0.309. The van der Waals surface area contributed by atoms with Crippen molar-refractivity contribution in [2.24, 2.45) is 4.99 Å². The number of amides is 1. The first-order chi connectivity index (χ1) is 14.6. The number of hydrogen-bond donors (Lipinski definition) is 2. The van der Waals surface area contributed by atoms with Crippen molar-refractivity contribution in [3.63, 3.8) is 0 Å². The molecular formula is C21H32IN7OS. The van der Waals surface area contributed by atoms with Crippen LogP contribution in [0.15, 0.2) is 29.4 Å². The Hall–Kier alpha value is -1.95. The van der Waals surface area contributed by atoms with Gasteiger partial charge in [0.1, 0.15) is 5.82 Å². The normalized spacial score (nSPS) is 14.2. The first-order valence-electron chi connectivity index (χ1n) is 10.5. The van der Waals surface area contributed by atoms with Crippen molar-refractivity contribution in [1.82, 2.24) is 25.5 Å². The lowest BCUT2D eigenvalue weighted by Crippen LogP contribution is -2.49. The summed E-state index contributed by atoms with van der Waals surface area (Å²) in [4.78, 5) is 31.4. The van der Waals surface area contributed by atoms with E-state index in [-0.39, 0.29) is 29.9 Å². The van der Waals surface area contributed by atoms with Gasteiger partial charge >= 0.3 is 0 Å². The van der Waals surface area contributed by atoms with Gasteiger partial charge in [-0.2, -0.15) is 0 Å². The zero-order valence-corrected chi connectivity index (χ0v) is 21.6. The van der Waals surface area contributed by atoms with Crippen molar-refractivity contribution in [3.05, 3.63) is 40.0 Å². The van der Waals surface area contributed by atoms with Gasteiger partial charge in [0.25, 0.3) is 0 Å². The number of halogens is 1. The molecule has 2 aromatic rings. The number of piperazine rings is 1. The van der Waals surface area contributed by atoms with Gasteiger partial charge in [-0.25, -0.2) is 15.0 Å². The molecule has 2 aromatic heterocycles. The van der Waals surface area contributed by atoms with Gasteiger partial charge in [-0.1, -0.05) is 6.07 Å². The predicted octanol–water partition coefficient (Wildman–Crippen LogP) is 2.57. The van der Waals surface area contributed by atoms with Gasteiger partial charge in [-0.3, -0.25) is 4.79 Å². The summed E-state index contributed by atoms with van der Waals surface area (Å²) in [6.45, 7) is 11.1. The van der Waals surface area contributed by atoms with Crippen LogP contribution in [0.3, 0.4) is 0 Å². The van der Waals surface area contributed by atoms with Crippen LogP contribution in [-0.2, 0) is 11.3 Å². The van der Waals surface area contributed by atoms with Crippen LogP contribution in [0.25, 0.3) is 0 Å². The maximum absolute atomic E-state index is 12.6. The maximum atomic E-state index is 12.6. The number of guanidine groups is 1. The number of anilines is 1. The summed E-state index contributed by atoms with van der Waals surface area (Å²) in [5, 5.41) is 7.58. The summed E-state index contributed by atoms with van der Waals surface area (Å²) in [7, 11) is 0. The minimum Gasteiger partial charge on any atom is -0.357 e. The third kappa shape index (κ3) is 7.60. The molecule has 0 atom stereocenters. The first kappa shape index (κ1) is 25.3. The standard InChI is InChI=1S/C21H31N7OS.HI/c1-4-22-21(25-15-18-16(2)26-17(3)30-18)24-10-8-20(29)28-13-11-27(12-14-28)19-7-5-6-9-23-19;/h5-7,9H,4,8,10-15H2,1-3H3,(H2,22,24,25);1H. The van der Waals surface area contributed by atoms with Crippen LogP contribution in [0.2, 0.25) is 0 Å². The Morgan fingerprint density at radius 3 is 2.58 bits per heavy atom. The lowest BCUT2D eigenvalue weighted by atomic mass is 10.2. The number of pyridine rings is 1. The van der Waals surface area contributed by atoms with E-state index in [0.29, 0.717) is 19.5 Å². The first-order valence-corrected chi connectivity index (χ1v) is 11.3. The van der Waals surface area contributed by atoms with E-state index in [1.54, 1.807) is 17.5 Å². The fraction of sp³-hybridized carbons (Fsp3) is 0.524. The van der Waals surface area contributed by atoms with Gasteiger partial charge in [0.15, 0.2) is 5.96 Å². The molecule has 1 aliphatic heterocycles. The lowest BCUT2D eigenvalue weighted by Gasteiger charge is -2.35. The Labute approximate surface area is 205 Å². The largest absolute Gasteiger partial charge is 0.357 e. The number of carbonyl (C=O) groups excluding carboxylic acids is 1. The summed E-state index contributed by atoms with van der Waals surface area (Å²) in [6, 6.07) is 5.92. The van der Waals surface area contributed by atoms with E-state index in [9.17, 15) is 4.79 Å². The molecule has 0 saturated carbocycles. The van der Waals surface area contributed by atoms with E-state index in [4.69, 9.17) is 0 Å². The summed E-state index contributed by atoms with van der Waals surface area (Å²) in [5.74, 6) is 1.88. The Morgan fingerprint density at radius 2 is 1.97 bits per heavy atom. The SMILES string of the molecule is CCNC(=NCc1sc(C)nc1C)NCCC(=O)N1CCN(c2ccccn2)CC1.I. The Balaban J connectivity index is 0.00000341. The minimum absolute atomic E-state index is 0. The molecule has 0 spiro atoms. The third-order valence-corrected chi connectivity index (χ3v) is 6.02. The molecule has 1 fully saturated rings. The maximum Gasteiger partial charge on any atom is 0.224 e. The zero-order chi connectivity index (χ0) is 21.3. The van der Waals surface area contributed by atoms with Crippen molar-refractivity contribution < 1.29 is 4.79 Å². The van der Waals surface area contributed by atoms with Crippen molar-refractivity contribution in [2.75, 3.05) is 44.2 Å². The predicted molar refractivity (Wildman–Crippen MR) is 137 cm³/mol. The molecule has 0 unspecified atom stereocenters. The van der Waals surface area contributed by atoms with Crippen LogP contribution < -0.4 is 15.5 Å². The smallest absolute Gasteiger partial charge is 0.224 e. The van der Waals surface area contributed by atoms with Gasteiger partial charge < -0.3 is 20.4 Å². The molecule has 10 heteroatoms. The molecular weight excluding hydrogens is 525 g/mol. The molecule has 3 heterocycles. The second kappa shape index (κ2) is 12.8. The highest BCUT2D eigenvalue weighted by Crippen LogP contribution is 2.17. The van der Waals surface area contributed by atoms with Crippen LogP contribution in [0.1, 0.15) is 28.9 Å². The van der Waals surface area contributed by atoms with Gasteiger partial charge in [-0.05, 0) is 32.9 Å². The van der Waals surface area contributed by atoms with Crippen molar-refractivity contribution in [2.45, 2.75) is 33.7 Å². The van der Waals surface area contributed by atoms with Gasteiger partial charge in [0.2, 0.25) is 5.91 Å². The highest BCUT2D eigenvalue weighted by molar-refractivity contribution is 14.0. The summed E-state index contributed by atoms with van der Waals surface area (Å²) in [6.07, 6.45) is 2.26. The van der Waals surface area contributed by atoms with Gasteiger partial charge in [0.05, 0.1) is 17.2 Å². The van der Waals surface area contributed by atoms with E-state index >= 15 is 0 Å². The van der Waals surface area contributed by atoms with Crippen molar-refractivity contribution in [1.29, 1.82) is 0 Å². The van der Waals surface area contributed by atoms with Gasteiger partial charge in [0, 0.05) is 56.8 Å². The molecule has 0 aromatic carbocycles. The van der Waals surface area contributed by atoms with Crippen LogP contribution >= 0.6 is 35.3 Å². The molecule has 0 aliphatic carbocycles. The Bertz CT molecular complexity index is 851. The van der Waals surface area contributed by atoms with E-state index < -0.39 is 0 Å². The number of nitrogens with zero attached hydrogens (tertiary/aromatic N) is 5. The van der Waals surface area contributed by atoms with E-state index in [1.165, 1.54) is 4.88 Å². The van der Waals surface area contributed by atoms with Crippen molar-refractivity contribution >= 4 is 53.0 Å². The number of aliphatic imine (C=N–C) groups is 1. The molecule has 31 heavy (non-hydrogen) atoms. The molecule has 1 aliphatic rings. The van der Waals surface area contributed by atoms with Crippen LogP contribution in [-0.4, -0.2) is 66.0 Å². The summed E-state index contributed by atoms with van der Waals surface area (Å²) in [5.41, 5.74) is 1.04. The highest BCUT2D eigenvalue weighted by atomic mass is 127. The topological polar surface area (TPSA) is 85.7 Å². The highest BCUT2D eigenvalue weighted by Gasteiger charge is 2.21. The third-order valence-electron chi connectivity index (χ3n) is 4.96. The molecule has 1 saturated heterocycles. The molecule has 0 bridgehead atoms. The summed E-state index contributed by atoms with van der Waals surface area (Å²) < 4.78 is 0. The second-order valence-corrected chi connectivity index (χ2v) is 8.46. The molecule has 2 N–H and O–H groups in total. The molecule has 3 rings (SSSR count). The number of hydrogen-bond acceptors (Lipinski definition) is 6. The zero-order valence-electron chi connectivity index (χ0n) is 18.4. The second-order valence-electron chi connectivity index (χ2n) is 7.17. The molecule has 1 amide bonds. The average molecular weight is 558 g/mol. The Morgan fingerprint density at radius 1 is 1.19 bits per heavy atom. The summed E-state index contributed by atoms with van der Waals surface area (Å²) >= 11 is 1.68. The lowest BCUT2D eigenvalue weighted by molar-refractivity contribution is -0.131. The number of aryl methyl sites for hydroxylation is 2. The monoisotopic (exact) mass is 557 g/mol. The molecule has 0 radical (unpaired) electrons. The average Bonchev–Trinajstić information content (AvgIpc) is 3.09. The fourth-order valence-corrected chi connectivity index (χ4v) is 4.25. The van der Waals surface area contributed by atoms with Crippen molar-refractivity contribution in [3.8, 4) is 0 Å². The number of nitrogens with one attached hydrogen (secondary N) is 2. The van der Waals surface area contributed by atoms with E-state index in [1.807, 2.05) is 43.9 Å². The number of carbonyl (C=O) groups is 1. The molecule has 8 nitrogen and oxygen atoms in total. The van der Waals surface area contributed by atoms with Gasteiger partial charge in [-0.15, -0.1) is 35.3 Å². The fourth-order valence-electron chi connectivity index (χ4n) is 3.38. The van der Waals surface area contributed by atoms with Crippen LogP contribution in [0.5, 0.6) is 0 Å². The molecule has 170 valence electrons. The van der Waals surface area contributed by atoms with E-state index in [2.05, 4.69) is 30.5 Å². The van der Waals surface area contributed by atoms with E-state index in [0.717, 1.165) is 55.2 Å². The number of thiazole rings is 1. The number of rotatable bonds is 7. The number of aromatic nitrogens is 2.